The van der Waals surface area contributed by atoms with Crippen LogP contribution >= 0.6 is 0 Å². The van der Waals surface area contributed by atoms with Gasteiger partial charge in [-0.1, -0.05) is 42.5 Å². The van der Waals surface area contributed by atoms with Gasteiger partial charge in [0, 0.05) is 17.7 Å². The molecule has 0 fully saturated rings. The molecule has 1 aromatic heterocycles. The summed E-state index contributed by atoms with van der Waals surface area (Å²) in [4.78, 5) is 13.2. The van der Waals surface area contributed by atoms with Crippen LogP contribution in [0.4, 0.5) is 0 Å². The fourth-order valence-corrected chi connectivity index (χ4v) is 5.74. The number of rotatable bonds is 5. The second kappa shape index (κ2) is 7.41. The minimum absolute atomic E-state index is 0.317. The van der Waals surface area contributed by atoms with Gasteiger partial charge in [0.25, 0.3) is 5.56 Å². The number of aliphatic hydroxyl groups is 1. The van der Waals surface area contributed by atoms with Gasteiger partial charge in [-0.05, 0) is 17.7 Å². The number of ether oxygens (including phenoxy) is 4. The number of aromatic amines is 2. The van der Waals surface area contributed by atoms with Crippen LogP contribution in [0, 0.1) is 0 Å². The Morgan fingerprint density at radius 3 is 2.26 bits per heavy atom. The van der Waals surface area contributed by atoms with Crippen LogP contribution in [-0.2, 0) is 11.2 Å². The summed E-state index contributed by atoms with van der Waals surface area (Å²) in [5.41, 5.74) is -0.844. The van der Waals surface area contributed by atoms with E-state index in [9.17, 15) is 9.90 Å². The zero-order valence-corrected chi connectivity index (χ0v) is 19.4. The van der Waals surface area contributed by atoms with E-state index < -0.39 is 17.1 Å². The average Bonchev–Trinajstić information content (AvgIpc) is 3.47. The number of methoxy groups -OCH3 is 3. The van der Waals surface area contributed by atoms with Gasteiger partial charge < -0.3 is 24.1 Å². The van der Waals surface area contributed by atoms with Crippen LogP contribution in [-0.4, -0.2) is 36.6 Å². The number of benzene rings is 3. The molecule has 35 heavy (non-hydrogen) atoms. The minimum Gasteiger partial charge on any atom is -0.497 e. The highest BCUT2D eigenvalue weighted by Gasteiger charge is 2.73. The van der Waals surface area contributed by atoms with Crippen LogP contribution < -0.4 is 24.5 Å². The van der Waals surface area contributed by atoms with Crippen molar-refractivity contribution in [1.82, 2.24) is 10.2 Å². The second-order valence-corrected chi connectivity index (χ2v) is 8.69. The van der Waals surface area contributed by atoms with Gasteiger partial charge in [0.1, 0.15) is 23.0 Å². The third kappa shape index (κ3) is 2.57. The molecule has 0 spiro atoms. The van der Waals surface area contributed by atoms with Crippen LogP contribution in [0.15, 0.2) is 71.5 Å². The van der Waals surface area contributed by atoms with Crippen molar-refractivity contribution in [2.24, 2.45) is 0 Å². The first kappa shape index (κ1) is 21.4. The molecule has 8 heteroatoms. The SMILES string of the molecule is COc1ccc([C@@]23Oc4cc(OC)cc(OC)c4[C@]2(O)c2[nH][nH]c(=O)c2[C@H]3c2ccccc2)cc1. The molecule has 0 unspecified atom stereocenters. The Morgan fingerprint density at radius 2 is 1.60 bits per heavy atom. The van der Waals surface area contributed by atoms with E-state index in [2.05, 4.69) is 10.2 Å². The molecule has 0 saturated carbocycles. The number of nitrogens with one attached hydrogen (secondary N) is 2. The van der Waals surface area contributed by atoms with Gasteiger partial charge in [0.15, 0.2) is 11.2 Å². The summed E-state index contributed by atoms with van der Waals surface area (Å²) in [6, 6.07) is 20.3. The van der Waals surface area contributed by atoms with Crippen LogP contribution in [0.3, 0.4) is 0 Å². The van der Waals surface area contributed by atoms with Crippen molar-refractivity contribution in [3.63, 3.8) is 0 Å². The molecule has 0 amide bonds. The highest BCUT2D eigenvalue weighted by molar-refractivity contribution is 5.68. The molecule has 0 radical (unpaired) electrons. The monoisotopic (exact) mass is 472 g/mol. The highest BCUT2D eigenvalue weighted by Crippen LogP contribution is 2.69. The first-order chi connectivity index (χ1) is 17.0. The zero-order chi connectivity index (χ0) is 24.4. The topological polar surface area (TPSA) is 106 Å². The Kier molecular flexibility index (Phi) is 4.53. The lowest BCUT2D eigenvalue weighted by molar-refractivity contribution is -0.0916. The predicted octanol–water partition coefficient (Wildman–Crippen LogP) is 3.40. The molecule has 1 aliphatic carbocycles. The summed E-state index contributed by atoms with van der Waals surface area (Å²) in [5, 5.41) is 18.4. The molecule has 3 aromatic carbocycles. The van der Waals surface area contributed by atoms with Crippen LogP contribution in [0.1, 0.15) is 33.9 Å². The number of fused-ring (bicyclic) bond motifs is 5. The van der Waals surface area contributed by atoms with Crippen molar-refractivity contribution < 1.29 is 24.1 Å². The molecule has 1 aliphatic heterocycles. The number of H-pyrrole nitrogens is 2. The van der Waals surface area contributed by atoms with E-state index in [4.69, 9.17) is 18.9 Å². The fourth-order valence-electron chi connectivity index (χ4n) is 5.74. The molecule has 8 nitrogen and oxygen atoms in total. The van der Waals surface area contributed by atoms with Crippen molar-refractivity contribution >= 4 is 0 Å². The summed E-state index contributed by atoms with van der Waals surface area (Å²) in [5.74, 6) is 1.34. The molecular weight excluding hydrogens is 448 g/mol. The van der Waals surface area contributed by atoms with E-state index in [0.29, 0.717) is 45.4 Å². The Balaban J connectivity index is 1.75. The molecule has 4 aromatic rings. The van der Waals surface area contributed by atoms with Gasteiger partial charge in [-0.3, -0.25) is 15.0 Å². The third-order valence-corrected chi connectivity index (χ3v) is 7.19. The van der Waals surface area contributed by atoms with Gasteiger partial charge in [-0.2, -0.15) is 0 Å². The largest absolute Gasteiger partial charge is 0.497 e. The van der Waals surface area contributed by atoms with Crippen LogP contribution in [0.5, 0.6) is 23.0 Å². The van der Waals surface area contributed by atoms with E-state index in [1.807, 2.05) is 54.6 Å². The first-order valence-corrected chi connectivity index (χ1v) is 11.2. The van der Waals surface area contributed by atoms with Crippen molar-refractivity contribution in [2.45, 2.75) is 17.1 Å². The van der Waals surface area contributed by atoms with Crippen molar-refractivity contribution in [2.75, 3.05) is 21.3 Å². The zero-order valence-electron chi connectivity index (χ0n) is 19.4. The Hall–Kier alpha value is -4.17. The minimum atomic E-state index is -1.79. The highest BCUT2D eigenvalue weighted by atomic mass is 16.5. The fraction of sp³-hybridized carbons (Fsp3) is 0.222. The lowest BCUT2D eigenvalue weighted by Gasteiger charge is -2.40. The van der Waals surface area contributed by atoms with Gasteiger partial charge in [0.2, 0.25) is 0 Å². The Morgan fingerprint density at radius 1 is 0.886 bits per heavy atom. The molecule has 2 heterocycles. The van der Waals surface area contributed by atoms with Crippen molar-refractivity contribution in [1.29, 1.82) is 0 Å². The first-order valence-electron chi connectivity index (χ1n) is 11.2. The van der Waals surface area contributed by atoms with Crippen molar-refractivity contribution in [3.05, 3.63) is 105 Å². The molecule has 3 N–H and O–H groups in total. The van der Waals surface area contributed by atoms with Crippen LogP contribution in [0.25, 0.3) is 0 Å². The van der Waals surface area contributed by atoms with Gasteiger partial charge in [-0.25, -0.2) is 0 Å². The lowest BCUT2D eigenvalue weighted by Crippen LogP contribution is -2.50. The summed E-state index contributed by atoms with van der Waals surface area (Å²) in [6.45, 7) is 0. The molecule has 0 bridgehead atoms. The van der Waals surface area contributed by atoms with Crippen molar-refractivity contribution in [3.8, 4) is 23.0 Å². The van der Waals surface area contributed by atoms with E-state index in [0.717, 1.165) is 5.56 Å². The molecule has 6 rings (SSSR count). The van der Waals surface area contributed by atoms with E-state index in [1.165, 1.54) is 7.11 Å². The van der Waals surface area contributed by atoms with Gasteiger partial charge >= 0.3 is 0 Å². The van der Waals surface area contributed by atoms with Gasteiger partial charge in [0.05, 0.1) is 44.1 Å². The Bertz CT molecular complexity index is 1480. The summed E-state index contributed by atoms with van der Waals surface area (Å²) >= 11 is 0. The molecule has 178 valence electrons. The second-order valence-electron chi connectivity index (χ2n) is 8.69. The average molecular weight is 472 g/mol. The van der Waals surface area contributed by atoms with Gasteiger partial charge in [-0.15, -0.1) is 0 Å². The quantitative estimate of drug-likeness (QED) is 0.411. The summed E-state index contributed by atoms with van der Waals surface area (Å²) in [6.07, 6.45) is 0. The third-order valence-electron chi connectivity index (χ3n) is 7.19. The van der Waals surface area contributed by atoms with E-state index in [-0.39, 0.29) is 5.56 Å². The summed E-state index contributed by atoms with van der Waals surface area (Å²) < 4.78 is 23.4. The van der Waals surface area contributed by atoms with Crippen LogP contribution in [0.2, 0.25) is 0 Å². The number of aromatic nitrogens is 2. The molecule has 2 aliphatic rings. The normalized spacial score (nSPS) is 23.7. The maximum absolute atomic E-state index is 13.2. The maximum Gasteiger partial charge on any atom is 0.268 e. The smallest absolute Gasteiger partial charge is 0.268 e. The summed E-state index contributed by atoms with van der Waals surface area (Å²) in [7, 11) is 4.67. The number of hydrogen-bond donors (Lipinski definition) is 3. The Labute approximate surface area is 201 Å². The number of hydrogen-bond acceptors (Lipinski definition) is 6. The molecule has 3 atom stereocenters. The predicted molar refractivity (Wildman–Crippen MR) is 128 cm³/mol. The maximum atomic E-state index is 13.2. The molecule has 0 saturated heterocycles. The molecular formula is C27H24N2O6. The van der Waals surface area contributed by atoms with E-state index >= 15 is 0 Å². The van der Waals surface area contributed by atoms with E-state index in [1.54, 1.807) is 26.4 Å². The lowest BCUT2D eigenvalue weighted by atomic mass is 9.70. The standard InChI is InChI=1S/C27H24N2O6/c1-32-17-11-9-16(10-12-17)27-22(15-7-5-4-6-8-15)21-24(28-29-25(21)30)26(27,31)23-19(34-3)13-18(33-2)14-20(23)35-27/h4-14,22,31H,1-3H3,(H2,28,29,30)/t22-,26+,27+/m1/s1.